The molecule has 0 bridgehead atoms. The number of benzene rings is 1. The molecule has 0 aliphatic heterocycles. The zero-order valence-corrected chi connectivity index (χ0v) is 11.1. The van der Waals surface area contributed by atoms with E-state index in [1.165, 1.54) is 0 Å². The Morgan fingerprint density at radius 3 is 2.69 bits per heavy atom. The average Bonchev–Trinajstić information content (AvgIpc) is 2.28. The Morgan fingerprint density at radius 2 is 2.06 bits per heavy atom. The third-order valence-electron chi connectivity index (χ3n) is 2.15. The molecule has 0 radical (unpaired) electrons. The van der Waals surface area contributed by atoms with Crippen LogP contribution in [0.4, 0.5) is 0 Å². The van der Waals surface area contributed by atoms with Crippen LogP contribution in [0, 0.1) is 0 Å². The van der Waals surface area contributed by atoms with Gasteiger partial charge in [0.05, 0.1) is 6.42 Å². The van der Waals surface area contributed by atoms with Gasteiger partial charge in [0.15, 0.2) is 0 Å². The Labute approximate surface area is 107 Å². The van der Waals surface area contributed by atoms with Crippen molar-refractivity contribution in [1.29, 1.82) is 0 Å². The molecule has 0 aromatic heterocycles. The number of amides is 1. The van der Waals surface area contributed by atoms with Crippen LogP contribution in [-0.4, -0.2) is 24.5 Å². The molecule has 4 heteroatoms. The summed E-state index contributed by atoms with van der Waals surface area (Å²) in [6.45, 7) is 0.768. The van der Waals surface area contributed by atoms with E-state index in [-0.39, 0.29) is 5.91 Å². The van der Waals surface area contributed by atoms with Gasteiger partial charge in [0.1, 0.15) is 0 Å². The van der Waals surface area contributed by atoms with Crippen LogP contribution < -0.4 is 5.32 Å². The van der Waals surface area contributed by atoms with Crippen LogP contribution in [0.1, 0.15) is 12.0 Å². The van der Waals surface area contributed by atoms with Gasteiger partial charge < -0.3 is 5.32 Å². The van der Waals surface area contributed by atoms with Crippen molar-refractivity contribution in [3.8, 4) is 0 Å². The average molecular weight is 255 g/mol. The lowest BCUT2D eigenvalue weighted by Gasteiger charge is -2.04. The van der Waals surface area contributed by atoms with Crippen molar-refractivity contribution in [1.82, 2.24) is 5.32 Å². The number of hydrogen-bond donors (Lipinski definition) is 2. The van der Waals surface area contributed by atoms with Crippen molar-refractivity contribution < 1.29 is 4.79 Å². The summed E-state index contributed by atoms with van der Waals surface area (Å²) in [5.41, 5.74) is 1.03. The van der Waals surface area contributed by atoms with Crippen molar-refractivity contribution in [3.05, 3.63) is 29.8 Å². The fourth-order valence-electron chi connectivity index (χ4n) is 1.31. The molecular formula is C12H17NOS2. The standard InChI is InChI=1S/C12H17NOS2/c1-16-8-2-7-13-12(14)9-10-3-5-11(15)6-4-10/h3-6,15H,2,7-9H2,1H3,(H,13,14). The number of carbonyl (C=O) groups is 1. The molecule has 16 heavy (non-hydrogen) atoms. The van der Waals surface area contributed by atoms with E-state index in [9.17, 15) is 4.79 Å². The summed E-state index contributed by atoms with van der Waals surface area (Å²) >= 11 is 6.00. The second-order valence-corrected chi connectivity index (χ2v) is 5.04. The van der Waals surface area contributed by atoms with Crippen LogP contribution >= 0.6 is 24.4 Å². The Bertz CT molecular complexity index is 324. The Hall–Kier alpha value is -0.610. The van der Waals surface area contributed by atoms with E-state index in [4.69, 9.17) is 0 Å². The van der Waals surface area contributed by atoms with Crippen LogP contribution in [0.25, 0.3) is 0 Å². The summed E-state index contributed by atoms with van der Waals surface area (Å²) in [4.78, 5) is 12.4. The topological polar surface area (TPSA) is 29.1 Å². The lowest BCUT2D eigenvalue weighted by atomic mass is 10.1. The highest BCUT2D eigenvalue weighted by molar-refractivity contribution is 7.98. The van der Waals surface area contributed by atoms with Gasteiger partial charge in [-0.2, -0.15) is 11.8 Å². The van der Waals surface area contributed by atoms with Gasteiger partial charge in [-0.15, -0.1) is 12.6 Å². The maximum atomic E-state index is 11.5. The van der Waals surface area contributed by atoms with Crippen LogP contribution in [0.5, 0.6) is 0 Å². The van der Waals surface area contributed by atoms with Crippen LogP contribution in [0.3, 0.4) is 0 Å². The molecule has 88 valence electrons. The van der Waals surface area contributed by atoms with E-state index in [0.29, 0.717) is 6.42 Å². The van der Waals surface area contributed by atoms with Gasteiger partial charge in [-0.1, -0.05) is 12.1 Å². The number of rotatable bonds is 6. The quantitative estimate of drug-likeness (QED) is 0.604. The Balaban J connectivity index is 2.26. The van der Waals surface area contributed by atoms with E-state index in [1.54, 1.807) is 11.8 Å². The van der Waals surface area contributed by atoms with Gasteiger partial charge >= 0.3 is 0 Å². The molecule has 0 saturated heterocycles. The van der Waals surface area contributed by atoms with E-state index in [1.807, 2.05) is 24.3 Å². The Kier molecular flexibility index (Phi) is 6.42. The number of carbonyl (C=O) groups excluding carboxylic acids is 1. The van der Waals surface area contributed by atoms with Crippen LogP contribution in [0.15, 0.2) is 29.2 Å². The van der Waals surface area contributed by atoms with E-state index in [0.717, 1.165) is 29.2 Å². The third-order valence-corrected chi connectivity index (χ3v) is 3.14. The lowest BCUT2D eigenvalue weighted by molar-refractivity contribution is -0.120. The van der Waals surface area contributed by atoms with E-state index >= 15 is 0 Å². The fourth-order valence-corrected chi connectivity index (χ4v) is 1.89. The highest BCUT2D eigenvalue weighted by Crippen LogP contribution is 2.08. The molecule has 0 atom stereocenters. The first kappa shape index (κ1) is 13.5. The van der Waals surface area contributed by atoms with Crippen molar-refractivity contribution in [3.63, 3.8) is 0 Å². The predicted octanol–water partition coefficient (Wildman–Crippen LogP) is 2.39. The van der Waals surface area contributed by atoms with Gasteiger partial charge in [-0.05, 0) is 36.1 Å². The SMILES string of the molecule is CSCCCNC(=O)Cc1ccc(S)cc1. The molecule has 0 aliphatic carbocycles. The van der Waals surface area contributed by atoms with Crippen molar-refractivity contribution in [2.75, 3.05) is 18.6 Å². The normalized spacial score (nSPS) is 10.1. The second-order valence-electron chi connectivity index (χ2n) is 3.54. The van der Waals surface area contributed by atoms with Crippen molar-refractivity contribution >= 4 is 30.3 Å². The van der Waals surface area contributed by atoms with Gasteiger partial charge in [0, 0.05) is 11.4 Å². The lowest BCUT2D eigenvalue weighted by Crippen LogP contribution is -2.26. The van der Waals surface area contributed by atoms with E-state index in [2.05, 4.69) is 24.2 Å². The summed E-state index contributed by atoms with van der Waals surface area (Å²) in [5.74, 6) is 1.18. The van der Waals surface area contributed by atoms with Gasteiger partial charge in [-0.25, -0.2) is 0 Å². The molecule has 0 saturated carbocycles. The summed E-state index contributed by atoms with van der Waals surface area (Å²) in [6.07, 6.45) is 3.55. The minimum atomic E-state index is 0.0908. The minimum absolute atomic E-state index is 0.0908. The molecular weight excluding hydrogens is 238 g/mol. The molecule has 0 spiro atoms. The van der Waals surface area contributed by atoms with Crippen molar-refractivity contribution in [2.45, 2.75) is 17.7 Å². The molecule has 1 N–H and O–H groups in total. The largest absolute Gasteiger partial charge is 0.356 e. The number of hydrogen-bond acceptors (Lipinski definition) is 3. The van der Waals surface area contributed by atoms with Crippen molar-refractivity contribution in [2.24, 2.45) is 0 Å². The zero-order chi connectivity index (χ0) is 11.8. The smallest absolute Gasteiger partial charge is 0.224 e. The molecule has 1 amide bonds. The number of thiol groups is 1. The molecule has 0 heterocycles. The molecule has 1 aromatic rings. The molecule has 2 nitrogen and oxygen atoms in total. The molecule has 0 fully saturated rings. The molecule has 1 rings (SSSR count). The molecule has 0 unspecified atom stereocenters. The summed E-state index contributed by atoms with van der Waals surface area (Å²) in [5, 5.41) is 2.91. The highest BCUT2D eigenvalue weighted by atomic mass is 32.2. The van der Waals surface area contributed by atoms with E-state index < -0.39 is 0 Å². The van der Waals surface area contributed by atoms with Gasteiger partial charge in [0.25, 0.3) is 0 Å². The molecule has 0 aliphatic rings. The fraction of sp³-hybridized carbons (Fsp3) is 0.417. The predicted molar refractivity (Wildman–Crippen MR) is 73.4 cm³/mol. The minimum Gasteiger partial charge on any atom is -0.356 e. The second kappa shape index (κ2) is 7.63. The summed E-state index contributed by atoms with van der Waals surface area (Å²) in [6, 6.07) is 7.67. The first-order valence-electron chi connectivity index (χ1n) is 5.26. The number of thioether (sulfide) groups is 1. The first-order chi connectivity index (χ1) is 7.72. The highest BCUT2D eigenvalue weighted by Gasteiger charge is 2.01. The Morgan fingerprint density at radius 1 is 1.38 bits per heavy atom. The third kappa shape index (κ3) is 5.47. The summed E-state index contributed by atoms with van der Waals surface area (Å²) in [7, 11) is 0. The van der Waals surface area contributed by atoms with Gasteiger partial charge in [-0.3, -0.25) is 4.79 Å². The zero-order valence-electron chi connectivity index (χ0n) is 9.40. The number of nitrogens with one attached hydrogen (secondary N) is 1. The van der Waals surface area contributed by atoms with Crippen LogP contribution in [-0.2, 0) is 11.2 Å². The van der Waals surface area contributed by atoms with Gasteiger partial charge in [0.2, 0.25) is 5.91 Å². The first-order valence-corrected chi connectivity index (χ1v) is 7.10. The summed E-state index contributed by atoms with van der Waals surface area (Å²) < 4.78 is 0. The maximum Gasteiger partial charge on any atom is 0.224 e. The van der Waals surface area contributed by atoms with Crippen LogP contribution in [0.2, 0.25) is 0 Å². The molecule has 1 aromatic carbocycles. The maximum absolute atomic E-state index is 11.5. The monoisotopic (exact) mass is 255 g/mol.